The van der Waals surface area contributed by atoms with Crippen molar-refractivity contribution in [3.8, 4) is 11.4 Å². The van der Waals surface area contributed by atoms with E-state index >= 15 is 0 Å². The van der Waals surface area contributed by atoms with E-state index in [0.29, 0.717) is 36.1 Å². The Hall–Kier alpha value is -3.66. The molecule has 172 valence electrons. The number of nitrogens with zero attached hydrogens (tertiary/aromatic N) is 4. The van der Waals surface area contributed by atoms with E-state index in [-0.39, 0.29) is 29.8 Å². The highest BCUT2D eigenvalue weighted by Gasteiger charge is 2.26. The standard InChI is InChI=1S/C23H24FN5O4/c1-15-7-8-19(29(31)32)13-20(15)25-21(30)9-11-28-10-3-5-17(14-28)23-26-22(27-33-23)16-4-2-6-18(24)12-16/h2,4,6-8,12-13,17H,3,5,9-11,14H2,1H3,(H,25,30). The highest BCUT2D eigenvalue weighted by Crippen LogP contribution is 2.28. The van der Waals surface area contributed by atoms with E-state index in [0.717, 1.165) is 24.9 Å². The number of anilines is 1. The van der Waals surface area contributed by atoms with Crippen LogP contribution in [0.15, 0.2) is 47.0 Å². The molecule has 0 saturated carbocycles. The van der Waals surface area contributed by atoms with Crippen LogP contribution in [-0.4, -0.2) is 45.5 Å². The molecule has 1 aliphatic heterocycles. The third-order valence-electron chi connectivity index (χ3n) is 5.74. The van der Waals surface area contributed by atoms with Crippen molar-refractivity contribution < 1.29 is 18.6 Å². The number of halogens is 1. The van der Waals surface area contributed by atoms with Crippen molar-refractivity contribution in [3.05, 3.63) is 69.9 Å². The average Bonchev–Trinajstić information content (AvgIpc) is 3.30. The van der Waals surface area contributed by atoms with Gasteiger partial charge in [-0.15, -0.1) is 0 Å². The summed E-state index contributed by atoms with van der Waals surface area (Å²) in [5.41, 5.74) is 1.71. The van der Waals surface area contributed by atoms with Crippen LogP contribution in [0.1, 0.15) is 36.6 Å². The molecule has 9 nitrogen and oxygen atoms in total. The van der Waals surface area contributed by atoms with Gasteiger partial charge in [-0.05, 0) is 44.0 Å². The summed E-state index contributed by atoms with van der Waals surface area (Å²) in [7, 11) is 0. The molecule has 3 aromatic rings. The van der Waals surface area contributed by atoms with Gasteiger partial charge in [0.05, 0.1) is 16.5 Å². The first-order valence-electron chi connectivity index (χ1n) is 10.8. The van der Waals surface area contributed by atoms with Crippen molar-refractivity contribution in [2.75, 3.05) is 25.0 Å². The zero-order chi connectivity index (χ0) is 23.4. The van der Waals surface area contributed by atoms with Gasteiger partial charge in [0.1, 0.15) is 5.82 Å². The Labute approximate surface area is 189 Å². The van der Waals surface area contributed by atoms with Crippen LogP contribution in [-0.2, 0) is 4.79 Å². The fraction of sp³-hybridized carbons (Fsp3) is 0.348. The number of nitro benzene ring substituents is 1. The molecule has 1 amide bonds. The van der Waals surface area contributed by atoms with Crippen LogP contribution in [0.3, 0.4) is 0 Å². The molecular formula is C23H24FN5O4. The van der Waals surface area contributed by atoms with E-state index in [1.807, 2.05) is 0 Å². The molecule has 1 N–H and O–H groups in total. The zero-order valence-corrected chi connectivity index (χ0v) is 18.2. The van der Waals surface area contributed by atoms with E-state index in [2.05, 4.69) is 20.4 Å². The van der Waals surface area contributed by atoms with Crippen LogP contribution in [0.4, 0.5) is 15.8 Å². The predicted octanol–water partition coefficient (Wildman–Crippen LogP) is 4.30. The fourth-order valence-electron chi connectivity index (χ4n) is 3.94. The largest absolute Gasteiger partial charge is 0.339 e. The fourth-order valence-corrected chi connectivity index (χ4v) is 3.94. The minimum atomic E-state index is -0.486. The lowest BCUT2D eigenvalue weighted by Gasteiger charge is -2.30. The Morgan fingerprint density at radius 3 is 2.97 bits per heavy atom. The second kappa shape index (κ2) is 9.86. The molecule has 1 unspecified atom stereocenters. The molecule has 0 aliphatic carbocycles. The molecule has 0 radical (unpaired) electrons. The summed E-state index contributed by atoms with van der Waals surface area (Å²) in [4.78, 5) is 29.6. The third kappa shape index (κ3) is 5.58. The number of benzene rings is 2. The maximum atomic E-state index is 13.5. The minimum absolute atomic E-state index is 0.0376. The quantitative estimate of drug-likeness (QED) is 0.419. The second-order valence-corrected chi connectivity index (χ2v) is 8.16. The highest BCUT2D eigenvalue weighted by atomic mass is 19.1. The molecule has 10 heteroatoms. The molecular weight excluding hydrogens is 429 g/mol. The number of nitro groups is 1. The van der Waals surface area contributed by atoms with Gasteiger partial charge < -0.3 is 14.7 Å². The van der Waals surface area contributed by atoms with Crippen LogP contribution >= 0.6 is 0 Å². The Morgan fingerprint density at radius 2 is 2.18 bits per heavy atom. The topological polar surface area (TPSA) is 114 Å². The number of piperidine rings is 1. The molecule has 2 heterocycles. The summed E-state index contributed by atoms with van der Waals surface area (Å²) in [5.74, 6) is 0.341. The lowest BCUT2D eigenvalue weighted by molar-refractivity contribution is -0.384. The normalized spacial score (nSPS) is 16.5. The summed E-state index contributed by atoms with van der Waals surface area (Å²) < 4.78 is 18.9. The van der Waals surface area contributed by atoms with Crippen LogP contribution < -0.4 is 5.32 Å². The predicted molar refractivity (Wildman–Crippen MR) is 119 cm³/mol. The molecule has 0 bridgehead atoms. The number of carbonyl (C=O) groups excluding carboxylic acids is 1. The molecule has 1 fully saturated rings. The first kappa shape index (κ1) is 22.5. The molecule has 4 rings (SSSR count). The molecule has 2 aromatic carbocycles. The van der Waals surface area contributed by atoms with E-state index in [9.17, 15) is 19.3 Å². The first-order valence-corrected chi connectivity index (χ1v) is 10.8. The zero-order valence-electron chi connectivity index (χ0n) is 18.2. The van der Waals surface area contributed by atoms with Gasteiger partial charge in [-0.2, -0.15) is 4.98 Å². The van der Waals surface area contributed by atoms with Crippen molar-refractivity contribution in [2.24, 2.45) is 0 Å². The minimum Gasteiger partial charge on any atom is -0.339 e. The summed E-state index contributed by atoms with van der Waals surface area (Å²) in [6.45, 7) is 3.86. The lowest BCUT2D eigenvalue weighted by atomic mass is 9.98. The van der Waals surface area contributed by atoms with Gasteiger partial charge in [0, 0.05) is 37.2 Å². The summed E-state index contributed by atoms with van der Waals surface area (Å²) in [6.07, 6.45) is 2.07. The molecule has 0 spiro atoms. The summed E-state index contributed by atoms with van der Waals surface area (Å²) in [5, 5.41) is 17.7. The Balaban J connectivity index is 1.33. The Morgan fingerprint density at radius 1 is 1.33 bits per heavy atom. The molecule has 33 heavy (non-hydrogen) atoms. The molecule has 1 atom stereocenters. The number of rotatable bonds is 7. The van der Waals surface area contributed by atoms with Gasteiger partial charge >= 0.3 is 0 Å². The number of hydrogen-bond acceptors (Lipinski definition) is 7. The average molecular weight is 453 g/mol. The van der Waals surface area contributed by atoms with E-state index < -0.39 is 4.92 Å². The number of hydrogen-bond donors (Lipinski definition) is 1. The molecule has 1 saturated heterocycles. The van der Waals surface area contributed by atoms with Crippen LogP contribution in [0, 0.1) is 22.9 Å². The van der Waals surface area contributed by atoms with Gasteiger partial charge in [0.2, 0.25) is 17.6 Å². The number of carbonyl (C=O) groups is 1. The number of amides is 1. The Bertz CT molecular complexity index is 1170. The smallest absolute Gasteiger partial charge is 0.271 e. The number of non-ortho nitro benzene ring substituents is 1. The van der Waals surface area contributed by atoms with Crippen LogP contribution in [0.2, 0.25) is 0 Å². The van der Waals surface area contributed by atoms with Gasteiger partial charge in [0.15, 0.2) is 0 Å². The first-order chi connectivity index (χ1) is 15.9. The van der Waals surface area contributed by atoms with Gasteiger partial charge in [-0.3, -0.25) is 14.9 Å². The summed E-state index contributed by atoms with van der Waals surface area (Å²) in [6, 6.07) is 10.5. The van der Waals surface area contributed by atoms with Gasteiger partial charge in [0.25, 0.3) is 5.69 Å². The van der Waals surface area contributed by atoms with Crippen LogP contribution in [0.5, 0.6) is 0 Å². The lowest BCUT2D eigenvalue weighted by Crippen LogP contribution is -2.36. The van der Waals surface area contributed by atoms with Crippen molar-refractivity contribution in [1.82, 2.24) is 15.0 Å². The third-order valence-corrected chi connectivity index (χ3v) is 5.74. The summed E-state index contributed by atoms with van der Waals surface area (Å²) >= 11 is 0. The maximum absolute atomic E-state index is 13.5. The second-order valence-electron chi connectivity index (χ2n) is 8.16. The monoisotopic (exact) mass is 453 g/mol. The number of aromatic nitrogens is 2. The molecule has 1 aliphatic rings. The van der Waals surface area contributed by atoms with Crippen molar-refractivity contribution in [2.45, 2.75) is 32.1 Å². The van der Waals surface area contributed by atoms with Crippen molar-refractivity contribution in [3.63, 3.8) is 0 Å². The van der Waals surface area contributed by atoms with Crippen LogP contribution in [0.25, 0.3) is 11.4 Å². The van der Waals surface area contributed by atoms with Crippen molar-refractivity contribution >= 4 is 17.3 Å². The molecule has 1 aromatic heterocycles. The van der Waals surface area contributed by atoms with E-state index in [4.69, 9.17) is 4.52 Å². The number of aryl methyl sites for hydroxylation is 1. The van der Waals surface area contributed by atoms with Crippen molar-refractivity contribution in [1.29, 1.82) is 0 Å². The van der Waals surface area contributed by atoms with Gasteiger partial charge in [-0.25, -0.2) is 4.39 Å². The maximum Gasteiger partial charge on any atom is 0.271 e. The van der Waals surface area contributed by atoms with Gasteiger partial charge in [-0.1, -0.05) is 23.4 Å². The van der Waals surface area contributed by atoms with E-state index in [1.165, 1.54) is 24.3 Å². The highest BCUT2D eigenvalue weighted by molar-refractivity contribution is 5.92. The number of likely N-dealkylation sites (tertiary alicyclic amines) is 1. The SMILES string of the molecule is Cc1ccc([N+](=O)[O-])cc1NC(=O)CCN1CCCC(c2nc(-c3cccc(F)c3)no2)C1. The Kier molecular flexibility index (Phi) is 6.74. The van der Waals surface area contributed by atoms with E-state index in [1.54, 1.807) is 25.1 Å². The number of nitrogens with one attached hydrogen (secondary N) is 1.